The fourth-order valence-corrected chi connectivity index (χ4v) is 3.16. The molecule has 0 saturated carbocycles. The van der Waals surface area contributed by atoms with Crippen LogP contribution in [-0.2, 0) is 0 Å². The molecule has 0 aliphatic heterocycles. The minimum Gasteiger partial charge on any atom is -0.494 e. The summed E-state index contributed by atoms with van der Waals surface area (Å²) in [4.78, 5) is 24.6. The molecule has 0 aliphatic carbocycles. The summed E-state index contributed by atoms with van der Waals surface area (Å²) in [5, 5.41) is 6.05. The minimum absolute atomic E-state index is 0.208. The van der Waals surface area contributed by atoms with Gasteiger partial charge in [0.05, 0.1) is 17.2 Å². The van der Waals surface area contributed by atoms with Crippen LogP contribution in [0.2, 0.25) is 10.0 Å². The summed E-state index contributed by atoms with van der Waals surface area (Å²) in [6.45, 7) is 0. The summed E-state index contributed by atoms with van der Waals surface area (Å²) in [5.41, 5.74) is 2.04. The van der Waals surface area contributed by atoms with E-state index in [1.54, 1.807) is 48.5 Å². The van der Waals surface area contributed by atoms with Crippen LogP contribution >= 0.6 is 23.2 Å². The van der Waals surface area contributed by atoms with Crippen molar-refractivity contribution in [1.29, 1.82) is 0 Å². The Kier molecular flexibility index (Phi) is 6.19. The van der Waals surface area contributed by atoms with Crippen LogP contribution in [0.3, 0.4) is 0 Å². The first-order chi connectivity index (χ1) is 13.5. The molecular weight excluding hydrogens is 399 g/mol. The second-order valence-electron chi connectivity index (χ2n) is 5.82. The number of halogens is 2. The third-order valence-corrected chi connectivity index (χ3v) is 4.46. The Labute approximate surface area is 172 Å². The highest BCUT2D eigenvalue weighted by atomic mass is 35.5. The minimum atomic E-state index is -0.368. The summed E-state index contributed by atoms with van der Waals surface area (Å²) in [7, 11) is 1.45. The standard InChI is InChI=1S/C21H16Cl2N2O3/c1-28-19-17(22)11-14(12-18(19)23)21(27)25-16-9-7-15(8-10-16)24-20(26)13-5-3-2-4-6-13/h2-12H,1H3,(H,24,26)(H,25,27). The normalized spacial score (nSPS) is 10.2. The van der Waals surface area contributed by atoms with Gasteiger partial charge in [-0.15, -0.1) is 0 Å². The third kappa shape index (κ3) is 4.63. The number of rotatable bonds is 5. The van der Waals surface area contributed by atoms with Gasteiger partial charge in [0, 0.05) is 22.5 Å². The predicted molar refractivity (Wildman–Crippen MR) is 112 cm³/mol. The van der Waals surface area contributed by atoms with Crippen LogP contribution in [0.1, 0.15) is 20.7 Å². The first-order valence-corrected chi connectivity index (χ1v) is 9.04. The molecule has 0 radical (unpaired) electrons. The van der Waals surface area contributed by atoms with Crippen LogP contribution in [0.15, 0.2) is 66.7 Å². The molecule has 0 bridgehead atoms. The molecular formula is C21H16Cl2N2O3. The molecule has 0 unspecified atom stereocenters. The molecule has 3 aromatic rings. The first-order valence-electron chi connectivity index (χ1n) is 8.29. The highest BCUT2D eigenvalue weighted by Crippen LogP contribution is 2.34. The fraction of sp³-hybridized carbons (Fsp3) is 0.0476. The van der Waals surface area contributed by atoms with Crippen molar-refractivity contribution < 1.29 is 14.3 Å². The Hall–Kier alpha value is -3.02. The predicted octanol–water partition coefficient (Wildman–Crippen LogP) is 5.51. The largest absolute Gasteiger partial charge is 0.494 e. The number of carbonyl (C=O) groups excluding carboxylic acids is 2. The van der Waals surface area contributed by atoms with Gasteiger partial charge >= 0.3 is 0 Å². The van der Waals surface area contributed by atoms with E-state index in [-0.39, 0.29) is 21.9 Å². The van der Waals surface area contributed by atoms with Crippen molar-refractivity contribution in [3.05, 3.63) is 87.9 Å². The lowest BCUT2D eigenvalue weighted by Crippen LogP contribution is -2.13. The van der Waals surface area contributed by atoms with Crippen molar-refractivity contribution in [2.24, 2.45) is 0 Å². The van der Waals surface area contributed by atoms with Gasteiger partial charge in [-0.05, 0) is 48.5 Å². The smallest absolute Gasteiger partial charge is 0.255 e. The number of hydrogen-bond acceptors (Lipinski definition) is 3. The van der Waals surface area contributed by atoms with Crippen LogP contribution in [-0.4, -0.2) is 18.9 Å². The Bertz CT molecular complexity index is 983. The Morgan fingerprint density at radius 1 is 0.750 bits per heavy atom. The van der Waals surface area contributed by atoms with Crippen LogP contribution in [0.5, 0.6) is 5.75 Å². The first kappa shape index (κ1) is 19.7. The summed E-state index contributed by atoms with van der Waals surface area (Å²) in [6, 6.07) is 18.6. The number of hydrogen-bond donors (Lipinski definition) is 2. The number of benzene rings is 3. The molecule has 2 N–H and O–H groups in total. The van der Waals surface area contributed by atoms with E-state index in [1.165, 1.54) is 19.2 Å². The zero-order valence-electron chi connectivity index (χ0n) is 14.8. The summed E-state index contributed by atoms with van der Waals surface area (Å²) < 4.78 is 5.08. The number of anilines is 2. The van der Waals surface area contributed by atoms with Crippen LogP contribution in [0.4, 0.5) is 11.4 Å². The average molecular weight is 415 g/mol. The molecule has 0 saturated heterocycles. The Balaban J connectivity index is 1.67. The van der Waals surface area contributed by atoms with Crippen LogP contribution < -0.4 is 15.4 Å². The van der Waals surface area contributed by atoms with Crippen LogP contribution in [0, 0.1) is 0 Å². The maximum Gasteiger partial charge on any atom is 0.255 e. The molecule has 0 fully saturated rings. The van der Waals surface area contributed by atoms with Crippen molar-refractivity contribution in [3.63, 3.8) is 0 Å². The Morgan fingerprint density at radius 3 is 1.68 bits per heavy atom. The van der Waals surface area contributed by atoms with Gasteiger partial charge in [-0.1, -0.05) is 41.4 Å². The SMILES string of the molecule is COc1c(Cl)cc(C(=O)Nc2ccc(NC(=O)c3ccccc3)cc2)cc1Cl. The third-order valence-electron chi connectivity index (χ3n) is 3.90. The maximum atomic E-state index is 12.4. The molecule has 142 valence electrons. The van der Waals surface area contributed by atoms with Crippen LogP contribution in [0.25, 0.3) is 0 Å². The zero-order valence-corrected chi connectivity index (χ0v) is 16.3. The molecule has 2 amide bonds. The van der Waals surface area contributed by atoms with E-state index in [0.29, 0.717) is 28.3 Å². The van der Waals surface area contributed by atoms with Gasteiger partial charge in [0.25, 0.3) is 11.8 Å². The Morgan fingerprint density at radius 2 is 1.21 bits per heavy atom. The summed E-state index contributed by atoms with van der Waals surface area (Å²) in [6.07, 6.45) is 0. The molecule has 0 aliphatic rings. The fourth-order valence-electron chi connectivity index (χ4n) is 2.52. The molecule has 3 aromatic carbocycles. The quantitative estimate of drug-likeness (QED) is 0.578. The average Bonchev–Trinajstić information content (AvgIpc) is 2.70. The molecule has 0 aromatic heterocycles. The molecule has 7 heteroatoms. The van der Waals surface area contributed by atoms with E-state index in [4.69, 9.17) is 27.9 Å². The van der Waals surface area contributed by atoms with Gasteiger partial charge in [-0.3, -0.25) is 9.59 Å². The molecule has 3 rings (SSSR count). The maximum absolute atomic E-state index is 12.4. The van der Waals surface area contributed by atoms with Crippen molar-refractivity contribution >= 4 is 46.4 Å². The topological polar surface area (TPSA) is 67.4 Å². The molecule has 0 atom stereocenters. The van der Waals surface area contributed by atoms with E-state index in [0.717, 1.165) is 0 Å². The number of amides is 2. The molecule has 5 nitrogen and oxygen atoms in total. The molecule has 0 spiro atoms. The summed E-state index contributed by atoms with van der Waals surface area (Å²) in [5.74, 6) is -0.258. The monoisotopic (exact) mass is 414 g/mol. The second kappa shape index (κ2) is 8.78. The van der Waals surface area contributed by atoms with E-state index >= 15 is 0 Å². The van der Waals surface area contributed by atoms with Gasteiger partial charge in [0.15, 0.2) is 5.75 Å². The molecule has 28 heavy (non-hydrogen) atoms. The number of methoxy groups -OCH3 is 1. The van der Waals surface area contributed by atoms with E-state index in [1.807, 2.05) is 6.07 Å². The van der Waals surface area contributed by atoms with Gasteiger partial charge in [0.1, 0.15) is 0 Å². The second-order valence-corrected chi connectivity index (χ2v) is 6.64. The van der Waals surface area contributed by atoms with Crippen molar-refractivity contribution in [2.45, 2.75) is 0 Å². The van der Waals surface area contributed by atoms with Gasteiger partial charge < -0.3 is 15.4 Å². The van der Waals surface area contributed by atoms with Gasteiger partial charge in [-0.2, -0.15) is 0 Å². The number of nitrogens with one attached hydrogen (secondary N) is 2. The lowest BCUT2D eigenvalue weighted by Gasteiger charge is -2.10. The van der Waals surface area contributed by atoms with Gasteiger partial charge in [-0.25, -0.2) is 0 Å². The van der Waals surface area contributed by atoms with Crippen molar-refractivity contribution in [3.8, 4) is 5.75 Å². The summed E-state index contributed by atoms with van der Waals surface area (Å²) >= 11 is 12.1. The number of ether oxygens (including phenoxy) is 1. The van der Waals surface area contributed by atoms with Gasteiger partial charge in [0.2, 0.25) is 0 Å². The lowest BCUT2D eigenvalue weighted by molar-refractivity contribution is 0.101. The van der Waals surface area contributed by atoms with E-state index < -0.39 is 0 Å². The van der Waals surface area contributed by atoms with E-state index in [2.05, 4.69) is 10.6 Å². The van der Waals surface area contributed by atoms with E-state index in [9.17, 15) is 9.59 Å². The highest BCUT2D eigenvalue weighted by Gasteiger charge is 2.14. The zero-order chi connectivity index (χ0) is 20.1. The number of carbonyl (C=O) groups is 2. The van der Waals surface area contributed by atoms with Crippen molar-refractivity contribution in [1.82, 2.24) is 0 Å². The highest BCUT2D eigenvalue weighted by molar-refractivity contribution is 6.37. The van der Waals surface area contributed by atoms with Crippen molar-refractivity contribution in [2.75, 3.05) is 17.7 Å². The molecule has 0 heterocycles. The lowest BCUT2D eigenvalue weighted by atomic mass is 10.2.